The van der Waals surface area contributed by atoms with Crippen molar-refractivity contribution < 1.29 is 4.79 Å². The average Bonchev–Trinajstić information content (AvgIpc) is 2.23. The van der Waals surface area contributed by atoms with Gasteiger partial charge >= 0.3 is 0 Å². The third-order valence-electron chi connectivity index (χ3n) is 3.50. The van der Waals surface area contributed by atoms with Gasteiger partial charge in [-0.05, 0) is 24.3 Å². The van der Waals surface area contributed by atoms with Crippen molar-refractivity contribution in [3.8, 4) is 0 Å². The fourth-order valence-corrected chi connectivity index (χ4v) is 2.49. The molecule has 0 amide bonds. The van der Waals surface area contributed by atoms with Crippen LogP contribution >= 0.6 is 0 Å². The SMILES string of the molecule is CC1(C)C[C@H](c2ccccc2)CCC1=O. The quantitative estimate of drug-likeness (QED) is 0.680. The number of carbonyl (C=O) groups excluding carboxylic acids is 1. The van der Waals surface area contributed by atoms with Gasteiger partial charge in [0.25, 0.3) is 0 Å². The molecule has 1 aliphatic carbocycles. The molecule has 0 radical (unpaired) electrons. The second-order valence-electron chi connectivity index (χ2n) is 5.16. The second kappa shape index (κ2) is 3.80. The molecule has 0 aromatic heterocycles. The third kappa shape index (κ3) is 2.11. The molecular weight excluding hydrogens is 184 g/mol. The van der Waals surface area contributed by atoms with E-state index in [9.17, 15) is 4.79 Å². The number of Topliss-reactive ketones (excluding diaryl/α,β-unsaturated/α-hetero) is 1. The Labute approximate surface area is 91.5 Å². The summed E-state index contributed by atoms with van der Waals surface area (Å²) in [5.74, 6) is 0.994. The van der Waals surface area contributed by atoms with Crippen LogP contribution in [0.4, 0.5) is 0 Å². The van der Waals surface area contributed by atoms with Crippen molar-refractivity contribution in [3.05, 3.63) is 35.9 Å². The first-order valence-electron chi connectivity index (χ1n) is 5.68. The molecule has 2 rings (SSSR count). The number of carbonyl (C=O) groups is 1. The third-order valence-corrected chi connectivity index (χ3v) is 3.50. The average molecular weight is 202 g/mol. The van der Waals surface area contributed by atoms with Crippen LogP contribution < -0.4 is 0 Å². The second-order valence-corrected chi connectivity index (χ2v) is 5.16. The molecule has 0 aliphatic heterocycles. The monoisotopic (exact) mass is 202 g/mol. The van der Waals surface area contributed by atoms with Crippen LogP contribution in [-0.4, -0.2) is 5.78 Å². The summed E-state index contributed by atoms with van der Waals surface area (Å²) in [5.41, 5.74) is 1.26. The zero-order chi connectivity index (χ0) is 10.9. The van der Waals surface area contributed by atoms with E-state index in [0.717, 1.165) is 19.3 Å². The number of benzene rings is 1. The molecule has 0 saturated heterocycles. The van der Waals surface area contributed by atoms with Crippen LogP contribution in [0.3, 0.4) is 0 Å². The zero-order valence-electron chi connectivity index (χ0n) is 9.49. The lowest BCUT2D eigenvalue weighted by Crippen LogP contribution is -2.31. The van der Waals surface area contributed by atoms with Crippen LogP contribution in [0.2, 0.25) is 0 Å². The molecule has 1 heteroatoms. The first-order chi connectivity index (χ1) is 7.09. The molecule has 1 aliphatic rings. The van der Waals surface area contributed by atoms with E-state index < -0.39 is 0 Å². The van der Waals surface area contributed by atoms with E-state index in [2.05, 4.69) is 38.1 Å². The maximum Gasteiger partial charge on any atom is 0.138 e. The number of rotatable bonds is 1. The molecule has 1 aromatic rings. The molecule has 0 spiro atoms. The van der Waals surface area contributed by atoms with E-state index in [4.69, 9.17) is 0 Å². The predicted molar refractivity (Wildman–Crippen MR) is 61.8 cm³/mol. The molecule has 80 valence electrons. The van der Waals surface area contributed by atoms with Crippen LogP contribution in [0.5, 0.6) is 0 Å². The standard InChI is InChI=1S/C14H18O/c1-14(2)10-12(8-9-13(14)15)11-6-4-3-5-7-11/h3-7,12H,8-10H2,1-2H3/t12-/m1/s1. The smallest absolute Gasteiger partial charge is 0.138 e. The molecule has 1 atom stereocenters. The van der Waals surface area contributed by atoms with E-state index in [1.54, 1.807) is 0 Å². The van der Waals surface area contributed by atoms with Crippen molar-refractivity contribution in [2.75, 3.05) is 0 Å². The number of hydrogen-bond acceptors (Lipinski definition) is 1. The van der Waals surface area contributed by atoms with Crippen molar-refractivity contribution in [2.24, 2.45) is 5.41 Å². The summed E-state index contributed by atoms with van der Waals surface area (Å²) in [4.78, 5) is 11.7. The van der Waals surface area contributed by atoms with Gasteiger partial charge in [-0.3, -0.25) is 4.79 Å². The van der Waals surface area contributed by atoms with Crippen LogP contribution in [0.15, 0.2) is 30.3 Å². The fraction of sp³-hybridized carbons (Fsp3) is 0.500. The molecule has 0 bridgehead atoms. The Bertz CT molecular complexity index is 351. The van der Waals surface area contributed by atoms with Gasteiger partial charge in [-0.2, -0.15) is 0 Å². The Morgan fingerprint density at radius 2 is 1.87 bits per heavy atom. The summed E-state index contributed by atoms with van der Waals surface area (Å²) < 4.78 is 0. The minimum Gasteiger partial charge on any atom is -0.299 e. The molecular formula is C14H18O. The van der Waals surface area contributed by atoms with E-state index >= 15 is 0 Å². The zero-order valence-corrected chi connectivity index (χ0v) is 9.49. The highest BCUT2D eigenvalue weighted by Gasteiger charge is 2.35. The highest BCUT2D eigenvalue weighted by molar-refractivity contribution is 5.85. The summed E-state index contributed by atoms with van der Waals surface area (Å²) in [6.45, 7) is 4.15. The molecule has 1 nitrogen and oxygen atoms in total. The lowest BCUT2D eigenvalue weighted by Gasteiger charge is -2.34. The van der Waals surface area contributed by atoms with Crippen molar-refractivity contribution in [1.29, 1.82) is 0 Å². The van der Waals surface area contributed by atoms with Crippen molar-refractivity contribution in [1.82, 2.24) is 0 Å². The van der Waals surface area contributed by atoms with Crippen LogP contribution in [0.25, 0.3) is 0 Å². The van der Waals surface area contributed by atoms with E-state index in [1.165, 1.54) is 5.56 Å². The van der Waals surface area contributed by atoms with Gasteiger partial charge in [0.05, 0.1) is 0 Å². The normalized spacial score (nSPS) is 25.2. The first-order valence-corrected chi connectivity index (χ1v) is 5.68. The molecule has 1 saturated carbocycles. The fourth-order valence-electron chi connectivity index (χ4n) is 2.49. The predicted octanol–water partition coefficient (Wildman–Crippen LogP) is 3.55. The topological polar surface area (TPSA) is 17.1 Å². The minimum atomic E-state index is -0.126. The van der Waals surface area contributed by atoms with Gasteiger partial charge in [0.1, 0.15) is 5.78 Å². The lowest BCUT2D eigenvalue weighted by atomic mass is 9.69. The lowest BCUT2D eigenvalue weighted by molar-refractivity contribution is -0.129. The largest absolute Gasteiger partial charge is 0.299 e. The summed E-state index contributed by atoms with van der Waals surface area (Å²) in [6.07, 6.45) is 2.76. The van der Waals surface area contributed by atoms with E-state index in [1.807, 2.05) is 6.07 Å². The summed E-state index contributed by atoms with van der Waals surface area (Å²) in [6, 6.07) is 10.6. The minimum absolute atomic E-state index is 0.126. The summed E-state index contributed by atoms with van der Waals surface area (Å²) >= 11 is 0. The van der Waals surface area contributed by atoms with E-state index in [-0.39, 0.29) is 5.41 Å². The van der Waals surface area contributed by atoms with Gasteiger partial charge in [-0.25, -0.2) is 0 Å². The molecule has 1 aromatic carbocycles. The Morgan fingerprint density at radius 3 is 2.47 bits per heavy atom. The maximum absolute atomic E-state index is 11.7. The Hall–Kier alpha value is -1.11. The van der Waals surface area contributed by atoms with Gasteiger partial charge in [-0.15, -0.1) is 0 Å². The van der Waals surface area contributed by atoms with Crippen molar-refractivity contribution in [2.45, 2.75) is 39.0 Å². The van der Waals surface area contributed by atoms with Gasteiger partial charge < -0.3 is 0 Å². The molecule has 0 unspecified atom stereocenters. The Kier molecular flexibility index (Phi) is 2.64. The molecule has 0 heterocycles. The van der Waals surface area contributed by atoms with Crippen molar-refractivity contribution >= 4 is 5.78 Å². The highest BCUT2D eigenvalue weighted by atomic mass is 16.1. The van der Waals surface area contributed by atoms with Gasteiger partial charge in [0, 0.05) is 11.8 Å². The number of hydrogen-bond donors (Lipinski definition) is 0. The van der Waals surface area contributed by atoms with Gasteiger partial charge in [0.2, 0.25) is 0 Å². The van der Waals surface area contributed by atoms with Crippen LogP contribution in [0.1, 0.15) is 44.6 Å². The van der Waals surface area contributed by atoms with Gasteiger partial charge in [0.15, 0.2) is 0 Å². The van der Waals surface area contributed by atoms with Crippen molar-refractivity contribution in [3.63, 3.8) is 0 Å². The first kappa shape index (κ1) is 10.4. The molecule has 0 N–H and O–H groups in total. The summed E-state index contributed by atoms with van der Waals surface area (Å²) in [7, 11) is 0. The highest BCUT2D eigenvalue weighted by Crippen LogP contribution is 2.40. The van der Waals surface area contributed by atoms with Crippen LogP contribution in [-0.2, 0) is 4.79 Å². The van der Waals surface area contributed by atoms with Gasteiger partial charge in [-0.1, -0.05) is 44.2 Å². The maximum atomic E-state index is 11.7. The number of ketones is 1. The summed E-state index contributed by atoms with van der Waals surface area (Å²) in [5, 5.41) is 0. The Morgan fingerprint density at radius 1 is 1.20 bits per heavy atom. The Balaban J connectivity index is 2.17. The molecule has 1 fully saturated rings. The van der Waals surface area contributed by atoms with E-state index in [0.29, 0.717) is 11.7 Å². The van der Waals surface area contributed by atoms with Crippen LogP contribution in [0, 0.1) is 5.41 Å². The molecule has 15 heavy (non-hydrogen) atoms.